The van der Waals surface area contributed by atoms with E-state index in [2.05, 4.69) is 5.32 Å². The third kappa shape index (κ3) is 5.26. The number of nitrogens with zero attached hydrogens (tertiary/aromatic N) is 1. The highest BCUT2D eigenvalue weighted by Gasteiger charge is 2.30. The summed E-state index contributed by atoms with van der Waals surface area (Å²) in [5.41, 5.74) is -0.428. The summed E-state index contributed by atoms with van der Waals surface area (Å²) in [6.45, 7) is 1.77. The van der Waals surface area contributed by atoms with Gasteiger partial charge in [-0.05, 0) is 24.5 Å². The molecule has 1 N–H and O–H groups in total. The van der Waals surface area contributed by atoms with Crippen LogP contribution in [0.4, 0.5) is 13.2 Å². The monoisotopic (exact) mass is 328 g/mol. The molecule has 1 aromatic carbocycles. The Kier molecular flexibility index (Phi) is 5.63. The molecule has 4 nitrogen and oxygen atoms in total. The van der Waals surface area contributed by atoms with Crippen molar-refractivity contribution in [1.82, 2.24) is 10.2 Å². The molecule has 0 aliphatic carbocycles. The lowest BCUT2D eigenvalue weighted by Crippen LogP contribution is -2.31. The number of hydrogen-bond acceptors (Lipinski definition) is 2. The van der Waals surface area contributed by atoms with E-state index >= 15 is 0 Å². The Bertz CT molecular complexity index is 573. The van der Waals surface area contributed by atoms with Gasteiger partial charge in [-0.25, -0.2) is 0 Å². The number of rotatable bonds is 6. The van der Waals surface area contributed by atoms with Crippen LogP contribution in [0, 0.1) is 0 Å². The van der Waals surface area contributed by atoms with Crippen molar-refractivity contribution in [3.05, 3.63) is 35.4 Å². The molecule has 0 atom stereocenters. The molecule has 1 fully saturated rings. The van der Waals surface area contributed by atoms with Gasteiger partial charge in [0.25, 0.3) is 0 Å². The lowest BCUT2D eigenvalue weighted by atomic mass is 10.1. The van der Waals surface area contributed by atoms with E-state index < -0.39 is 11.7 Å². The van der Waals surface area contributed by atoms with Crippen molar-refractivity contribution in [1.29, 1.82) is 0 Å². The number of benzene rings is 1. The van der Waals surface area contributed by atoms with Crippen LogP contribution in [-0.4, -0.2) is 36.3 Å². The summed E-state index contributed by atoms with van der Waals surface area (Å²) in [6.07, 6.45) is -2.40. The summed E-state index contributed by atoms with van der Waals surface area (Å²) in [4.78, 5) is 24.9. The molecule has 2 rings (SSSR count). The van der Waals surface area contributed by atoms with Gasteiger partial charge < -0.3 is 10.2 Å². The first-order valence-corrected chi connectivity index (χ1v) is 7.57. The second kappa shape index (κ2) is 7.48. The Morgan fingerprint density at radius 1 is 1.30 bits per heavy atom. The SMILES string of the molecule is O=C(Cc1cccc(C(F)(F)F)c1)NCCCN1CCCC1=O. The molecule has 0 unspecified atom stereocenters. The van der Waals surface area contributed by atoms with Crippen molar-refractivity contribution in [3.8, 4) is 0 Å². The number of alkyl halides is 3. The molecule has 1 aliphatic rings. The molecule has 0 radical (unpaired) electrons. The summed E-state index contributed by atoms with van der Waals surface area (Å²) in [6, 6.07) is 4.76. The maximum Gasteiger partial charge on any atom is 0.416 e. The average Bonchev–Trinajstić information content (AvgIpc) is 2.88. The molecule has 0 spiro atoms. The van der Waals surface area contributed by atoms with Crippen molar-refractivity contribution in [2.45, 2.75) is 31.9 Å². The van der Waals surface area contributed by atoms with Gasteiger partial charge >= 0.3 is 6.18 Å². The molecule has 1 aromatic rings. The number of carbonyl (C=O) groups excluding carboxylic acids is 2. The zero-order valence-corrected chi connectivity index (χ0v) is 12.7. The van der Waals surface area contributed by atoms with Crippen molar-refractivity contribution >= 4 is 11.8 Å². The van der Waals surface area contributed by atoms with E-state index in [-0.39, 0.29) is 18.2 Å². The van der Waals surface area contributed by atoms with Crippen molar-refractivity contribution in [2.75, 3.05) is 19.6 Å². The number of hydrogen-bond donors (Lipinski definition) is 1. The standard InChI is InChI=1S/C16H19F3N2O2/c17-16(18,19)13-5-1-4-12(10-13)11-14(22)20-7-3-9-21-8-2-6-15(21)23/h1,4-5,10H,2-3,6-9,11H2,(H,20,22). The van der Waals surface area contributed by atoms with Gasteiger partial charge in [0.2, 0.25) is 11.8 Å². The zero-order chi connectivity index (χ0) is 16.9. The molecule has 1 aliphatic heterocycles. The number of amides is 2. The van der Waals surface area contributed by atoms with Crippen molar-refractivity contribution in [2.24, 2.45) is 0 Å². The molecular formula is C16H19F3N2O2. The zero-order valence-electron chi connectivity index (χ0n) is 12.7. The van der Waals surface area contributed by atoms with Gasteiger partial charge in [0.15, 0.2) is 0 Å². The minimum Gasteiger partial charge on any atom is -0.356 e. The number of carbonyl (C=O) groups is 2. The first-order chi connectivity index (χ1) is 10.9. The van der Waals surface area contributed by atoms with Crippen LogP contribution in [0.2, 0.25) is 0 Å². The van der Waals surface area contributed by atoms with Crippen molar-refractivity contribution < 1.29 is 22.8 Å². The lowest BCUT2D eigenvalue weighted by molar-refractivity contribution is -0.137. The van der Waals surface area contributed by atoms with Crippen LogP contribution in [0.15, 0.2) is 24.3 Å². The van der Waals surface area contributed by atoms with Gasteiger partial charge in [-0.2, -0.15) is 13.2 Å². The number of halogens is 3. The van der Waals surface area contributed by atoms with E-state index in [1.54, 1.807) is 4.90 Å². The van der Waals surface area contributed by atoms with Gasteiger partial charge in [0.1, 0.15) is 0 Å². The van der Waals surface area contributed by atoms with Gasteiger partial charge in [-0.3, -0.25) is 9.59 Å². The molecule has 126 valence electrons. The highest BCUT2D eigenvalue weighted by Crippen LogP contribution is 2.29. The second-order valence-electron chi connectivity index (χ2n) is 5.56. The smallest absolute Gasteiger partial charge is 0.356 e. The third-order valence-corrected chi connectivity index (χ3v) is 3.72. The Morgan fingerprint density at radius 2 is 2.09 bits per heavy atom. The molecule has 0 aromatic heterocycles. The highest BCUT2D eigenvalue weighted by atomic mass is 19.4. The van der Waals surface area contributed by atoms with Crippen LogP contribution in [0.1, 0.15) is 30.4 Å². The van der Waals surface area contributed by atoms with Crippen LogP contribution in [0.3, 0.4) is 0 Å². The van der Waals surface area contributed by atoms with Crippen LogP contribution in [0.5, 0.6) is 0 Å². The molecular weight excluding hydrogens is 309 g/mol. The van der Waals surface area contributed by atoms with Crippen LogP contribution in [-0.2, 0) is 22.2 Å². The molecule has 1 heterocycles. The molecule has 23 heavy (non-hydrogen) atoms. The fourth-order valence-corrected chi connectivity index (χ4v) is 2.54. The van der Waals surface area contributed by atoms with Crippen LogP contribution in [0.25, 0.3) is 0 Å². The molecule has 0 bridgehead atoms. The predicted octanol–water partition coefficient (Wildman–Crippen LogP) is 2.38. The van der Waals surface area contributed by atoms with E-state index in [0.717, 1.165) is 25.1 Å². The van der Waals surface area contributed by atoms with E-state index in [1.165, 1.54) is 12.1 Å². The van der Waals surface area contributed by atoms with Gasteiger partial charge in [0, 0.05) is 26.1 Å². The summed E-state index contributed by atoms with van der Waals surface area (Å²) in [5, 5.41) is 2.67. The largest absolute Gasteiger partial charge is 0.416 e. The maximum absolute atomic E-state index is 12.6. The quantitative estimate of drug-likeness (QED) is 0.815. The predicted molar refractivity (Wildman–Crippen MR) is 78.6 cm³/mol. The molecule has 1 saturated heterocycles. The summed E-state index contributed by atoms with van der Waals surface area (Å²) in [7, 11) is 0. The van der Waals surface area contributed by atoms with E-state index in [4.69, 9.17) is 0 Å². The topological polar surface area (TPSA) is 49.4 Å². The maximum atomic E-state index is 12.6. The molecule has 2 amide bonds. The number of likely N-dealkylation sites (tertiary alicyclic amines) is 1. The van der Waals surface area contributed by atoms with Crippen LogP contribution < -0.4 is 5.32 Å². The Hall–Kier alpha value is -2.05. The Labute approximate surface area is 132 Å². The van der Waals surface area contributed by atoms with E-state index in [0.29, 0.717) is 31.5 Å². The lowest BCUT2D eigenvalue weighted by Gasteiger charge is -2.15. The Balaban J connectivity index is 1.73. The Morgan fingerprint density at radius 3 is 2.74 bits per heavy atom. The average molecular weight is 328 g/mol. The summed E-state index contributed by atoms with van der Waals surface area (Å²) >= 11 is 0. The first-order valence-electron chi connectivity index (χ1n) is 7.57. The highest BCUT2D eigenvalue weighted by molar-refractivity contribution is 5.79. The minimum atomic E-state index is -4.41. The molecule has 0 saturated carbocycles. The van der Waals surface area contributed by atoms with E-state index in [9.17, 15) is 22.8 Å². The first kappa shape index (κ1) is 17.3. The summed E-state index contributed by atoms with van der Waals surface area (Å²) in [5.74, 6) is -0.183. The van der Waals surface area contributed by atoms with Gasteiger partial charge in [-0.1, -0.05) is 18.2 Å². The normalized spacial score (nSPS) is 15.1. The van der Waals surface area contributed by atoms with Crippen molar-refractivity contribution in [3.63, 3.8) is 0 Å². The fraction of sp³-hybridized carbons (Fsp3) is 0.500. The van der Waals surface area contributed by atoms with E-state index in [1.807, 2.05) is 0 Å². The second-order valence-corrected chi connectivity index (χ2v) is 5.56. The molecule has 7 heteroatoms. The number of nitrogens with one attached hydrogen (secondary N) is 1. The van der Waals surface area contributed by atoms with Gasteiger partial charge in [-0.15, -0.1) is 0 Å². The van der Waals surface area contributed by atoms with Gasteiger partial charge in [0.05, 0.1) is 12.0 Å². The third-order valence-electron chi connectivity index (χ3n) is 3.72. The fourth-order valence-electron chi connectivity index (χ4n) is 2.54. The minimum absolute atomic E-state index is 0.0907. The van der Waals surface area contributed by atoms with Crippen LogP contribution >= 0.6 is 0 Å². The summed E-state index contributed by atoms with van der Waals surface area (Å²) < 4.78 is 37.8.